The molecule has 4 heterocycles. The molecule has 5 rings (SSSR count). The van der Waals surface area contributed by atoms with E-state index in [2.05, 4.69) is 16.7 Å². The number of methoxy groups -OCH3 is 1. The van der Waals surface area contributed by atoms with E-state index in [9.17, 15) is 14.7 Å². The number of fused-ring (bicyclic) bond motifs is 2. The maximum absolute atomic E-state index is 14.1. The van der Waals surface area contributed by atoms with Gasteiger partial charge in [-0.25, -0.2) is 4.79 Å². The minimum Gasteiger partial charge on any atom is -0.467 e. The average molecular weight is 534 g/mol. The fourth-order valence-corrected chi connectivity index (χ4v) is 5.68. The van der Waals surface area contributed by atoms with Crippen LogP contribution in [0.3, 0.4) is 0 Å². The predicted molar refractivity (Wildman–Crippen MR) is 148 cm³/mol. The highest BCUT2D eigenvalue weighted by Gasteiger charge is 2.44. The summed E-state index contributed by atoms with van der Waals surface area (Å²) >= 11 is 0. The largest absolute Gasteiger partial charge is 0.467 e. The summed E-state index contributed by atoms with van der Waals surface area (Å²) in [6.45, 7) is 5.13. The number of imidazole rings is 1. The third kappa shape index (κ3) is 4.64. The number of carbonyl (C=O) groups is 2. The smallest absolute Gasteiger partial charge is 0.333 e. The fraction of sp³-hybridized carbons (Fsp3) is 0.500. The van der Waals surface area contributed by atoms with Crippen LogP contribution < -0.4 is 15.5 Å². The average Bonchev–Trinajstić information content (AvgIpc) is 3.32. The van der Waals surface area contributed by atoms with E-state index in [0.29, 0.717) is 36.1 Å². The van der Waals surface area contributed by atoms with Gasteiger partial charge in [0.25, 0.3) is 5.91 Å². The number of nitrogens with two attached hydrogens (primary N) is 1. The van der Waals surface area contributed by atoms with Gasteiger partial charge in [-0.05, 0) is 32.3 Å². The molecule has 1 aromatic carbocycles. The number of anilines is 2. The third-order valence-corrected chi connectivity index (χ3v) is 7.70. The summed E-state index contributed by atoms with van der Waals surface area (Å²) in [6.07, 6.45) is 0.951. The Labute approximate surface area is 228 Å². The number of ether oxygens (including phenoxy) is 1. The van der Waals surface area contributed by atoms with Crippen molar-refractivity contribution in [1.29, 1.82) is 0 Å². The first-order valence-electron chi connectivity index (χ1n) is 13.2. The van der Waals surface area contributed by atoms with Crippen molar-refractivity contribution >= 4 is 29.4 Å². The zero-order valence-electron chi connectivity index (χ0n) is 22.8. The number of aromatic nitrogens is 2. The molecule has 39 heavy (non-hydrogen) atoms. The molecule has 206 valence electrons. The lowest BCUT2D eigenvalue weighted by molar-refractivity contribution is -0.146. The monoisotopic (exact) mass is 533 g/mol. The number of piperidine rings is 1. The molecule has 2 aromatic rings. The maximum Gasteiger partial charge on any atom is 0.333 e. The molecule has 0 bridgehead atoms. The number of amides is 1. The van der Waals surface area contributed by atoms with E-state index >= 15 is 0 Å². The lowest BCUT2D eigenvalue weighted by atomic mass is 9.85. The molecule has 3 atom stereocenters. The number of aliphatic imine (C=N–C) groups is 1. The molecule has 3 aliphatic rings. The van der Waals surface area contributed by atoms with Gasteiger partial charge in [0, 0.05) is 38.2 Å². The number of carbonyl (C=O) groups excluding carboxylic acids is 2. The first kappa shape index (κ1) is 26.7. The Morgan fingerprint density at radius 2 is 2.10 bits per heavy atom. The number of rotatable bonds is 5. The molecular formula is C28H35N7O4. The van der Waals surface area contributed by atoms with Crippen LogP contribution in [0, 0.1) is 11.8 Å². The SMILES string of the molecule is CC#CCn1c(N2CCCC(N)C2)nc2c1C(=O)N(CC1=NC(C)(C(=O)OC)Cc3ccccc31)C(O)N2C. The molecular weight excluding hydrogens is 498 g/mol. The Bertz CT molecular complexity index is 1390. The number of hydrogen-bond acceptors (Lipinski definition) is 9. The second kappa shape index (κ2) is 10.4. The van der Waals surface area contributed by atoms with Gasteiger partial charge in [-0.1, -0.05) is 30.2 Å². The number of aliphatic hydroxyl groups excluding tert-OH is 1. The number of esters is 1. The zero-order chi connectivity index (χ0) is 27.9. The Morgan fingerprint density at radius 1 is 1.33 bits per heavy atom. The Hall–Kier alpha value is -3.88. The van der Waals surface area contributed by atoms with Gasteiger partial charge in [0.2, 0.25) is 12.3 Å². The van der Waals surface area contributed by atoms with Crippen molar-refractivity contribution < 1.29 is 19.4 Å². The van der Waals surface area contributed by atoms with Gasteiger partial charge in [0.15, 0.2) is 17.1 Å². The van der Waals surface area contributed by atoms with Crippen LogP contribution in [-0.2, 0) is 22.5 Å². The van der Waals surface area contributed by atoms with Crippen LogP contribution in [0.4, 0.5) is 11.8 Å². The van der Waals surface area contributed by atoms with Crippen LogP contribution in [0.5, 0.6) is 0 Å². The minimum atomic E-state index is -1.29. The molecule has 3 aliphatic heterocycles. The van der Waals surface area contributed by atoms with E-state index in [1.807, 2.05) is 28.8 Å². The first-order chi connectivity index (χ1) is 18.7. The van der Waals surface area contributed by atoms with Crippen LogP contribution in [0.25, 0.3) is 0 Å². The Morgan fingerprint density at radius 3 is 2.82 bits per heavy atom. The quantitative estimate of drug-likeness (QED) is 0.430. The number of hydrogen-bond donors (Lipinski definition) is 2. The zero-order valence-corrected chi connectivity index (χ0v) is 22.8. The fourth-order valence-electron chi connectivity index (χ4n) is 5.68. The Kier molecular flexibility index (Phi) is 7.09. The molecule has 1 aromatic heterocycles. The third-order valence-electron chi connectivity index (χ3n) is 7.70. The Balaban J connectivity index is 1.56. The summed E-state index contributed by atoms with van der Waals surface area (Å²) in [5, 5.41) is 11.3. The van der Waals surface area contributed by atoms with Crippen LogP contribution in [0.2, 0.25) is 0 Å². The molecule has 1 amide bonds. The number of aliphatic hydroxyl groups is 1. The van der Waals surface area contributed by atoms with Gasteiger partial charge in [-0.2, -0.15) is 4.98 Å². The van der Waals surface area contributed by atoms with Crippen molar-refractivity contribution in [3.8, 4) is 11.8 Å². The van der Waals surface area contributed by atoms with Crippen molar-refractivity contribution in [3.05, 3.63) is 41.1 Å². The maximum atomic E-state index is 14.1. The number of benzene rings is 1. The first-order valence-corrected chi connectivity index (χ1v) is 13.2. The van der Waals surface area contributed by atoms with Gasteiger partial charge >= 0.3 is 5.97 Å². The second-order valence-corrected chi connectivity index (χ2v) is 10.5. The van der Waals surface area contributed by atoms with Crippen LogP contribution >= 0.6 is 0 Å². The van der Waals surface area contributed by atoms with E-state index in [0.717, 1.165) is 30.5 Å². The van der Waals surface area contributed by atoms with Crippen molar-refractivity contribution in [2.24, 2.45) is 10.7 Å². The van der Waals surface area contributed by atoms with Crippen LogP contribution in [0.1, 0.15) is 48.3 Å². The number of nitrogens with zero attached hydrogens (tertiary/aromatic N) is 6. The minimum absolute atomic E-state index is 0.0120. The van der Waals surface area contributed by atoms with Crippen molar-refractivity contribution in [2.45, 2.75) is 57.6 Å². The highest BCUT2D eigenvalue weighted by atomic mass is 16.5. The lowest BCUT2D eigenvalue weighted by Gasteiger charge is -2.40. The second-order valence-electron chi connectivity index (χ2n) is 10.5. The van der Waals surface area contributed by atoms with Gasteiger partial charge < -0.3 is 25.4 Å². The van der Waals surface area contributed by atoms with Crippen LogP contribution in [-0.4, -0.2) is 88.9 Å². The van der Waals surface area contributed by atoms with E-state index in [-0.39, 0.29) is 25.0 Å². The molecule has 11 nitrogen and oxygen atoms in total. The van der Waals surface area contributed by atoms with Gasteiger partial charge in [0.05, 0.1) is 25.9 Å². The summed E-state index contributed by atoms with van der Waals surface area (Å²) in [6, 6.07) is 7.67. The van der Waals surface area contributed by atoms with Crippen molar-refractivity contribution in [2.75, 3.05) is 43.6 Å². The molecule has 0 radical (unpaired) electrons. The molecule has 1 saturated heterocycles. The predicted octanol–water partition coefficient (Wildman–Crippen LogP) is 0.979. The summed E-state index contributed by atoms with van der Waals surface area (Å²) in [4.78, 5) is 41.4. The van der Waals surface area contributed by atoms with Crippen LogP contribution in [0.15, 0.2) is 29.3 Å². The molecule has 3 unspecified atom stereocenters. The summed E-state index contributed by atoms with van der Waals surface area (Å²) in [7, 11) is 3.04. The van der Waals surface area contributed by atoms with Gasteiger partial charge in [0.1, 0.15) is 0 Å². The molecule has 0 spiro atoms. The van der Waals surface area contributed by atoms with Crippen molar-refractivity contribution in [1.82, 2.24) is 14.5 Å². The highest BCUT2D eigenvalue weighted by molar-refractivity contribution is 6.09. The van der Waals surface area contributed by atoms with E-state index in [4.69, 9.17) is 20.4 Å². The van der Waals surface area contributed by atoms with E-state index in [1.165, 1.54) is 12.0 Å². The molecule has 3 N–H and O–H groups in total. The van der Waals surface area contributed by atoms with Gasteiger partial charge in [-0.3, -0.25) is 19.3 Å². The highest BCUT2D eigenvalue weighted by Crippen LogP contribution is 2.35. The van der Waals surface area contributed by atoms with Crippen molar-refractivity contribution in [3.63, 3.8) is 0 Å². The molecule has 11 heteroatoms. The summed E-state index contributed by atoms with van der Waals surface area (Å²) in [5.74, 6) is 6.13. The summed E-state index contributed by atoms with van der Waals surface area (Å²) in [5.41, 5.74) is 7.74. The molecule has 0 aliphatic carbocycles. The van der Waals surface area contributed by atoms with Gasteiger partial charge in [-0.15, -0.1) is 5.92 Å². The molecule has 0 saturated carbocycles. The molecule has 1 fully saturated rings. The lowest BCUT2D eigenvalue weighted by Crippen LogP contribution is -2.56. The normalized spacial score (nSPS) is 24.4. The van der Waals surface area contributed by atoms with E-state index in [1.54, 1.807) is 25.8 Å². The topological polar surface area (TPSA) is 130 Å². The standard InChI is InChI=1S/C28H35N7O4/c1-5-6-14-34-22-23(30-26(34)33-13-9-11-19(29)16-33)32(3)27(38)35(24(22)36)17-21-20-12-8-7-10-18(20)15-28(2,31-21)25(37)39-4/h7-8,10,12,19,27,38H,9,11,13-17,29H2,1-4H3. The summed E-state index contributed by atoms with van der Waals surface area (Å²) < 4.78 is 6.87. The van der Waals surface area contributed by atoms with E-state index < -0.39 is 17.9 Å².